The number of amides is 1. The molecule has 29 heavy (non-hydrogen) atoms. The van der Waals surface area contributed by atoms with Crippen molar-refractivity contribution >= 4 is 28.6 Å². The number of hydrogen-bond acceptors (Lipinski definition) is 5. The second kappa shape index (κ2) is 10.1. The van der Waals surface area contributed by atoms with E-state index in [4.69, 9.17) is 0 Å². The fraction of sp³-hybridized carbons (Fsp3) is 0.391. The Kier molecular flexibility index (Phi) is 7.09. The zero-order valence-corrected chi connectivity index (χ0v) is 18.2. The molecule has 0 atom stereocenters. The summed E-state index contributed by atoms with van der Waals surface area (Å²) < 4.78 is 0. The first-order valence-electron chi connectivity index (χ1n) is 10.3. The molecule has 2 aromatic heterocycles. The number of thiophene rings is 1. The van der Waals surface area contributed by atoms with Crippen LogP contribution in [0, 0.1) is 0 Å². The molecular formula is C23H27N3OS2. The third-order valence-electron chi connectivity index (χ3n) is 5.24. The van der Waals surface area contributed by atoms with Gasteiger partial charge in [0, 0.05) is 18.5 Å². The third kappa shape index (κ3) is 5.98. The van der Waals surface area contributed by atoms with Gasteiger partial charge in [-0.1, -0.05) is 43.2 Å². The molecule has 152 valence electrons. The van der Waals surface area contributed by atoms with Crippen LogP contribution >= 0.6 is 22.7 Å². The van der Waals surface area contributed by atoms with Gasteiger partial charge in [0.2, 0.25) is 5.91 Å². The van der Waals surface area contributed by atoms with Gasteiger partial charge in [-0.05, 0) is 48.5 Å². The van der Waals surface area contributed by atoms with E-state index in [0.29, 0.717) is 13.0 Å². The van der Waals surface area contributed by atoms with Gasteiger partial charge >= 0.3 is 0 Å². The molecule has 1 saturated heterocycles. The van der Waals surface area contributed by atoms with Crippen molar-refractivity contribution in [1.82, 2.24) is 15.2 Å². The number of nitrogens with zero attached hydrogens (tertiary/aromatic N) is 2. The number of likely N-dealkylation sites (tertiary alicyclic amines) is 1. The lowest BCUT2D eigenvalue weighted by Crippen LogP contribution is -2.25. The van der Waals surface area contributed by atoms with Crippen molar-refractivity contribution < 1.29 is 4.79 Å². The molecular weight excluding hydrogens is 398 g/mol. The lowest BCUT2D eigenvalue weighted by molar-refractivity contribution is -0.120. The first-order valence-corrected chi connectivity index (χ1v) is 12.1. The Balaban J connectivity index is 1.24. The summed E-state index contributed by atoms with van der Waals surface area (Å²) in [6.07, 6.45) is 5.70. The number of nitrogens with one attached hydrogen (secondary N) is 1. The molecule has 0 saturated carbocycles. The molecule has 0 bridgehead atoms. The van der Waals surface area contributed by atoms with E-state index >= 15 is 0 Å². The van der Waals surface area contributed by atoms with Crippen LogP contribution in [0.1, 0.15) is 42.5 Å². The number of aromatic nitrogens is 1. The fourth-order valence-electron chi connectivity index (χ4n) is 3.64. The molecule has 4 nitrogen and oxygen atoms in total. The summed E-state index contributed by atoms with van der Waals surface area (Å²) in [7, 11) is 0. The Labute approximate surface area is 180 Å². The molecule has 1 aliphatic rings. The second-order valence-electron chi connectivity index (χ2n) is 7.58. The minimum Gasteiger partial charge on any atom is -0.352 e. The topological polar surface area (TPSA) is 45.2 Å². The van der Waals surface area contributed by atoms with Crippen LogP contribution in [0.5, 0.6) is 0 Å². The van der Waals surface area contributed by atoms with E-state index < -0.39 is 0 Å². The number of carbonyl (C=O) groups excluding carboxylic acids is 1. The van der Waals surface area contributed by atoms with Crippen LogP contribution in [-0.4, -0.2) is 28.9 Å². The number of carbonyl (C=O) groups is 1. The van der Waals surface area contributed by atoms with E-state index in [0.717, 1.165) is 27.7 Å². The normalized spacial score (nSPS) is 15.2. The van der Waals surface area contributed by atoms with Crippen LogP contribution in [0.25, 0.3) is 9.88 Å². The Morgan fingerprint density at radius 2 is 1.76 bits per heavy atom. The van der Waals surface area contributed by atoms with Crippen LogP contribution in [0.3, 0.4) is 0 Å². The average molecular weight is 426 g/mol. The van der Waals surface area contributed by atoms with Crippen LogP contribution in [0.4, 0.5) is 0 Å². The van der Waals surface area contributed by atoms with E-state index in [1.54, 1.807) is 22.7 Å². The monoisotopic (exact) mass is 425 g/mol. The highest BCUT2D eigenvalue weighted by molar-refractivity contribution is 7.20. The minimum absolute atomic E-state index is 0.0154. The lowest BCUT2D eigenvalue weighted by atomic mass is 10.1. The summed E-state index contributed by atoms with van der Waals surface area (Å²) >= 11 is 3.27. The minimum atomic E-state index is 0.0154. The summed E-state index contributed by atoms with van der Waals surface area (Å²) in [5.74, 6) is 0.0154. The molecule has 0 aliphatic carbocycles. The van der Waals surface area contributed by atoms with Gasteiger partial charge in [0.1, 0.15) is 5.01 Å². The van der Waals surface area contributed by atoms with Gasteiger partial charge in [-0.3, -0.25) is 9.69 Å². The van der Waals surface area contributed by atoms with E-state index in [1.807, 2.05) is 16.8 Å². The maximum absolute atomic E-state index is 12.3. The Hall–Kier alpha value is -2.02. The molecule has 1 N–H and O–H groups in total. The van der Waals surface area contributed by atoms with Gasteiger partial charge < -0.3 is 5.32 Å². The van der Waals surface area contributed by atoms with Gasteiger partial charge in [-0.25, -0.2) is 4.98 Å². The van der Waals surface area contributed by atoms with Crippen LogP contribution in [0.2, 0.25) is 0 Å². The summed E-state index contributed by atoms with van der Waals surface area (Å²) in [6.45, 7) is 4.01. The highest BCUT2D eigenvalue weighted by atomic mass is 32.1. The quantitative estimate of drug-likeness (QED) is 0.572. The van der Waals surface area contributed by atoms with Crippen LogP contribution in [0.15, 0.2) is 47.2 Å². The molecule has 6 heteroatoms. The maximum atomic E-state index is 12.3. The third-order valence-corrected chi connectivity index (χ3v) is 7.17. The molecule has 0 spiro atoms. The zero-order chi connectivity index (χ0) is 19.9. The fourth-order valence-corrected chi connectivity index (χ4v) is 5.28. The van der Waals surface area contributed by atoms with Crippen LogP contribution < -0.4 is 5.32 Å². The number of hydrogen-bond donors (Lipinski definition) is 1. The summed E-state index contributed by atoms with van der Waals surface area (Å²) in [4.78, 5) is 20.6. The zero-order valence-electron chi connectivity index (χ0n) is 16.6. The molecule has 3 aromatic rings. The number of thiazole rings is 1. The van der Waals surface area contributed by atoms with Crippen molar-refractivity contribution in [2.75, 3.05) is 13.1 Å². The molecule has 0 radical (unpaired) electrons. The lowest BCUT2D eigenvalue weighted by Gasteiger charge is -2.19. The van der Waals surface area contributed by atoms with Crippen molar-refractivity contribution in [1.29, 1.82) is 0 Å². The maximum Gasteiger partial charge on any atom is 0.226 e. The molecule has 1 aliphatic heterocycles. The molecule has 1 aromatic carbocycles. The van der Waals surface area contributed by atoms with Crippen molar-refractivity contribution in [3.8, 4) is 9.88 Å². The SMILES string of the molecule is O=C(Cc1csc(-c2cccs2)n1)NCc1ccc(CN2CCCCCC2)cc1. The summed E-state index contributed by atoms with van der Waals surface area (Å²) in [5, 5.41) is 8.03. The largest absolute Gasteiger partial charge is 0.352 e. The molecule has 0 unspecified atom stereocenters. The Morgan fingerprint density at radius 1 is 1.00 bits per heavy atom. The van der Waals surface area contributed by atoms with Crippen molar-refractivity contribution in [2.45, 2.75) is 45.2 Å². The highest BCUT2D eigenvalue weighted by Gasteiger charge is 2.11. The molecule has 1 amide bonds. The van der Waals surface area contributed by atoms with E-state index in [9.17, 15) is 4.79 Å². The predicted molar refractivity (Wildman–Crippen MR) is 121 cm³/mol. The van der Waals surface area contributed by atoms with Crippen molar-refractivity contribution in [3.63, 3.8) is 0 Å². The number of benzene rings is 1. The Bertz CT molecular complexity index is 895. The Morgan fingerprint density at radius 3 is 2.48 bits per heavy atom. The molecule has 3 heterocycles. The van der Waals surface area contributed by atoms with E-state index in [-0.39, 0.29) is 5.91 Å². The molecule has 1 fully saturated rings. The second-order valence-corrected chi connectivity index (χ2v) is 9.39. The van der Waals surface area contributed by atoms with E-state index in [1.165, 1.54) is 44.3 Å². The van der Waals surface area contributed by atoms with Crippen molar-refractivity contribution in [2.24, 2.45) is 0 Å². The van der Waals surface area contributed by atoms with Gasteiger partial charge in [0.15, 0.2) is 0 Å². The first-order chi connectivity index (χ1) is 14.3. The number of rotatable bonds is 7. The van der Waals surface area contributed by atoms with E-state index in [2.05, 4.69) is 45.5 Å². The van der Waals surface area contributed by atoms with Gasteiger partial charge in [0.25, 0.3) is 0 Å². The smallest absolute Gasteiger partial charge is 0.226 e. The predicted octanol–water partition coefficient (Wildman–Crippen LogP) is 5.11. The van der Waals surface area contributed by atoms with Gasteiger partial charge in [0.05, 0.1) is 17.0 Å². The van der Waals surface area contributed by atoms with Crippen LogP contribution in [-0.2, 0) is 24.3 Å². The van der Waals surface area contributed by atoms with Crippen molar-refractivity contribution in [3.05, 3.63) is 64.0 Å². The molecule has 4 rings (SSSR count). The average Bonchev–Trinajstić information content (AvgIpc) is 3.36. The summed E-state index contributed by atoms with van der Waals surface area (Å²) in [6, 6.07) is 12.7. The van der Waals surface area contributed by atoms with Gasteiger partial charge in [-0.15, -0.1) is 22.7 Å². The summed E-state index contributed by atoms with van der Waals surface area (Å²) in [5.41, 5.74) is 3.32. The standard InChI is InChI=1S/C23H27N3OS2/c27-22(14-20-17-29-23(25-20)21-6-5-13-28-21)24-15-18-7-9-19(10-8-18)16-26-11-3-1-2-4-12-26/h5-10,13,17H,1-4,11-12,14-16H2,(H,24,27). The highest BCUT2D eigenvalue weighted by Crippen LogP contribution is 2.27. The van der Waals surface area contributed by atoms with Gasteiger partial charge in [-0.2, -0.15) is 0 Å². The first kappa shape index (κ1) is 20.3.